The summed E-state index contributed by atoms with van der Waals surface area (Å²) >= 11 is 0. The molecule has 1 aromatic heterocycles. The van der Waals surface area contributed by atoms with E-state index in [-0.39, 0.29) is 17.7 Å². The Morgan fingerprint density at radius 2 is 1.79 bits per heavy atom. The van der Waals surface area contributed by atoms with Crippen molar-refractivity contribution in [2.75, 3.05) is 42.9 Å². The number of amides is 3. The molecule has 0 aliphatic carbocycles. The van der Waals surface area contributed by atoms with E-state index in [1.54, 1.807) is 11.0 Å². The number of nitrogens with one attached hydrogen (secondary N) is 2. The second kappa shape index (κ2) is 14.2. The van der Waals surface area contributed by atoms with Gasteiger partial charge in [-0.3, -0.25) is 24.2 Å². The van der Waals surface area contributed by atoms with E-state index >= 15 is 0 Å². The molecule has 4 N–H and O–H groups in total. The zero-order chi connectivity index (χ0) is 29.3. The largest absolute Gasteiger partial charge is 0.355 e. The van der Waals surface area contributed by atoms with Gasteiger partial charge in [-0.1, -0.05) is 37.1 Å². The van der Waals surface area contributed by atoms with Gasteiger partial charge in [0.05, 0.1) is 41.2 Å². The third-order valence-corrected chi connectivity index (χ3v) is 8.14. The SMILES string of the molecule is NCCNC(=O)CCc1cn(CCCCC2CCN(CC(=O)N3c4ccccc4NC(=O)c4ccccc43)CC2)cn1. The zero-order valence-corrected chi connectivity index (χ0v) is 24.1. The number of hydrogen-bond donors (Lipinski definition) is 3. The lowest BCUT2D eigenvalue weighted by molar-refractivity contribution is -0.121. The molecular formula is C32H41N7O3. The minimum Gasteiger partial charge on any atom is -0.355 e. The van der Waals surface area contributed by atoms with Crippen LogP contribution in [0.5, 0.6) is 0 Å². The first-order chi connectivity index (χ1) is 20.5. The first-order valence-electron chi connectivity index (χ1n) is 15.0. The summed E-state index contributed by atoms with van der Waals surface area (Å²) in [5.74, 6) is 0.450. The van der Waals surface area contributed by atoms with E-state index in [1.807, 2.05) is 55.0 Å². The summed E-state index contributed by atoms with van der Waals surface area (Å²) in [5, 5.41) is 5.74. The quantitative estimate of drug-likeness (QED) is 0.285. The van der Waals surface area contributed by atoms with Crippen molar-refractivity contribution in [3.63, 3.8) is 0 Å². The predicted octanol–water partition coefficient (Wildman–Crippen LogP) is 3.70. The molecule has 3 heterocycles. The molecule has 5 rings (SSSR count). The molecule has 0 atom stereocenters. The van der Waals surface area contributed by atoms with E-state index in [4.69, 9.17) is 5.73 Å². The molecule has 0 unspecified atom stereocenters. The van der Waals surface area contributed by atoms with Crippen LogP contribution in [0.15, 0.2) is 61.1 Å². The van der Waals surface area contributed by atoms with Gasteiger partial charge < -0.3 is 20.9 Å². The molecule has 0 radical (unpaired) electrons. The lowest BCUT2D eigenvalue weighted by Gasteiger charge is -2.33. The summed E-state index contributed by atoms with van der Waals surface area (Å²) in [6.45, 7) is 4.00. The Morgan fingerprint density at radius 3 is 2.60 bits per heavy atom. The zero-order valence-electron chi connectivity index (χ0n) is 24.1. The second-order valence-electron chi connectivity index (χ2n) is 11.2. The molecular weight excluding hydrogens is 530 g/mol. The van der Waals surface area contributed by atoms with Gasteiger partial charge in [0.1, 0.15) is 0 Å². The number of likely N-dealkylation sites (tertiary alicyclic amines) is 1. The summed E-state index contributed by atoms with van der Waals surface area (Å²) in [4.78, 5) is 46.7. The lowest BCUT2D eigenvalue weighted by atomic mass is 9.91. The highest BCUT2D eigenvalue weighted by Gasteiger charge is 2.30. The summed E-state index contributed by atoms with van der Waals surface area (Å²) in [7, 11) is 0. The summed E-state index contributed by atoms with van der Waals surface area (Å²) in [5.41, 5.74) is 8.83. The average Bonchev–Trinajstić information content (AvgIpc) is 3.42. The third-order valence-electron chi connectivity index (χ3n) is 8.14. The third kappa shape index (κ3) is 7.43. The van der Waals surface area contributed by atoms with Crippen molar-refractivity contribution in [3.8, 4) is 0 Å². The molecule has 1 fully saturated rings. The van der Waals surface area contributed by atoms with E-state index in [9.17, 15) is 14.4 Å². The maximum absolute atomic E-state index is 13.7. The number of aromatic nitrogens is 2. The molecule has 42 heavy (non-hydrogen) atoms. The van der Waals surface area contributed by atoms with E-state index in [1.165, 1.54) is 6.42 Å². The molecule has 2 aliphatic rings. The molecule has 0 bridgehead atoms. The number of rotatable bonds is 12. The van der Waals surface area contributed by atoms with Crippen LogP contribution in [0.1, 0.15) is 54.6 Å². The van der Waals surface area contributed by atoms with Crippen molar-refractivity contribution >= 4 is 34.8 Å². The van der Waals surface area contributed by atoms with Crippen molar-refractivity contribution in [1.82, 2.24) is 19.8 Å². The first-order valence-corrected chi connectivity index (χ1v) is 15.0. The van der Waals surface area contributed by atoms with E-state index in [2.05, 4.69) is 25.1 Å². The molecule has 1 saturated heterocycles. The van der Waals surface area contributed by atoms with Crippen LogP contribution in [-0.4, -0.2) is 64.9 Å². The van der Waals surface area contributed by atoms with E-state index in [0.717, 1.165) is 51.0 Å². The number of piperidine rings is 1. The van der Waals surface area contributed by atoms with Gasteiger partial charge in [-0.05, 0) is 69.0 Å². The Kier molecular flexibility index (Phi) is 9.99. The number of carbonyl (C=O) groups excluding carboxylic acids is 3. The minimum absolute atomic E-state index is 0.0109. The number of anilines is 3. The molecule has 0 saturated carbocycles. The highest BCUT2D eigenvalue weighted by atomic mass is 16.2. The number of imidazole rings is 1. The van der Waals surface area contributed by atoms with Gasteiger partial charge in [0.25, 0.3) is 5.91 Å². The van der Waals surface area contributed by atoms with Crippen molar-refractivity contribution in [3.05, 3.63) is 72.3 Å². The summed E-state index contributed by atoms with van der Waals surface area (Å²) in [6.07, 6.45) is 10.6. The highest BCUT2D eigenvalue weighted by Crippen LogP contribution is 2.38. The summed E-state index contributed by atoms with van der Waals surface area (Å²) < 4.78 is 2.11. The fourth-order valence-electron chi connectivity index (χ4n) is 5.85. The van der Waals surface area contributed by atoms with Gasteiger partial charge in [0, 0.05) is 32.3 Å². The van der Waals surface area contributed by atoms with Crippen LogP contribution in [0.2, 0.25) is 0 Å². The van der Waals surface area contributed by atoms with Gasteiger partial charge in [-0.25, -0.2) is 4.98 Å². The fourth-order valence-corrected chi connectivity index (χ4v) is 5.85. The number of carbonyl (C=O) groups is 3. The van der Waals surface area contributed by atoms with Crippen molar-refractivity contribution in [2.24, 2.45) is 11.7 Å². The molecule has 10 nitrogen and oxygen atoms in total. The lowest BCUT2D eigenvalue weighted by Crippen LogP contribution is -2.42. The van der Waals surface area contributed by atoms with Gasteiger partial charge in [0.2, 0.25) is 11.8 Å². The Hall–Kier alpha value is -4.02. The number of para-hydroxylation sites is 3. The average molecular weight is 572 g/mol. The standard InChI is InChI=1S/C32H41N7O3/c33-16-17-34-30(40)13-12-25-21-38(23-35-25)18-6-5-7-24-14-19-37(20-15-24)22-31(41)39-28-10-3-1-8-26(28)32(42)36-27-9-2-4-11-29(27)39/h1-4,8-11,21,23-24H,5-7,12-20,22,33H2,(H,34,40)(H,36,42). The molecule has 3 aromatic rings. The van der Waals surface area contributed by atoms with Gasteiger partial charge in [-0.15, -0.1) is 0 Å². The van der Waals surface area contributed by atoms with Crippen LogP contribution in [-0.2, 0) is 22.6 Å². The molecule has 2 aromatic carbocycles. The number of hydrogen-bond acceptors (Lipinski definition) is 6. The number of fused-ring (bicyclic) bond motifs is 2. The van der Waals surface area contributed by atoms with Crippen molar-refractivity contribution < 1.29 is 14.4 Å². The van der Waals surface area contributed by atoms with Crippen LogP contribution < -0.4 is 21.3 Å². The van der Waals surface area contributed by atoms with Crippen LogP contribution in [0, 0.1) is 5.92 Å². The highest BCUT2D eigenvalue weighted by molar-refractivity contribution is 6.17. The molecule has 10 heteroatoms. The Bertz CT molecular complexity index is 1380. The van der Waals surface area contributed by atoms with Gasteiger partial charge in [0.15, 0.2) is 0 Å². The Balaban J connectivity index is 1.06. The minimum atomic E-state index is -0.203. The number of aryl methyl sites for hydroxylation is 2. The summed E-state index contributed by atoms with van der Waals surface area (Å²) in [6, 6.07) is 14.8. The topological polar surface area (TPSA) is 126 Å². The van der Waals surface area contributed by atoms with Gasteiger partial charge in [-0.2, -0.15) is 0 Å². The fraction of sp³-hybridized carbons (Fsp3) is 0.438. The maximum atomic E-state index is 13.7. The Morgan fingerprint density at radius 1 is 1.02 bits per heavy atom. The van der Waals surface area contributed by atoms with Crippen LogP contribution in [0.25, 0.3) is 0 Å². The van der Waals surface area contributed by atoms with Crippen molar-refractivity contribution in [1.29, 1.82) is 0 Å². The second-order valence-corrected chi connectivity index (χ2v) is 11.2. The van der Waals surface area contributed by atoms with E-state index < -0.39 is 0 Å². The maximum Gasteiger partial charge on any atom is 0.257 e. The predicted molar refractivity (Wildman–Crippen MR) is 164 cm³/mol. The van der Waals surface area contributed by atoms with E-state index in [0.29, 0.717) is 61.0 Å². The van der Waals surface area contributed by atoms with Crippen LogP contribution >= 0.6 is 0 Å². The first kappa shape index (κ1) is 29.5. The molecule has 0 spiro atoms. The smallest absolute Gasteiger partial charge is 0.257 e. The number of benzene rings is 2. The number of nitrogens with two attached hydrogens (primary N) is 1. The normalized spacial score (nSPS) is 15.5. The number of nitrogens with zero attached hydrogens (tertiary/aromatic N) is 4. The van der Waals surface area contributed by atoms with Crippen LogP contribution in [0.4, 0.5) is 17.1 Å². The molecule has 2 aliphatic heterocycles. The monoisotopic (exact) mass is 571 g/mol. The van der Waals surface area contributed by atoms with Gasteiger partial charge >= 0.3 is 0 Å². The molecule has 3 amide bonds. The molecule has 222 valence electrons. The Labute approximate surface area is 247 Å². The van der Waals surface area contributed by atoms with Crippen LogP contribution in [0.3, 0.4) is 0 Å². The van der Waals surface area contributed by atoms with Crippen molar-refractivity contribution in [2.45, 2.75) is 51.5 Å². The number of unbranched alkanes of at least 4 members (excludes halogenated alkanes) is 1.